The first-order valence-electron chi connectivity index (χ1n) is 7.28. The minimum atomic E-state index is -0.605. The number of halogens is 1. The Morgan fingerprint density at radius 1 is 1.21 bits per heavy atom. The van der Waals surface area contributed by atoms with Crippen molar-refractivity contribution in [2.24, 2.45) is 0 Å². The average molecular weight is 349 g/mol. The summed E-state index contributed by atoms with van der Waals surface area (Å²) in [6, 6.07) is 8.33. The van der Waals surface area contributed by atoms with Gasteiger partial charge in [-0.3, -0.25) is 14.4 Å². The number of aromatic nitrogens is 2. The molecule has 0 radical (unpaired) electrons. The first kappa shape index (κ1) is 17.7. The van der Waals surface area contributed by atoms with Crippen LogP contribution in [0.3, 0.4) is 0 Å². The Hall–Kier alpha value is -2.67. The summed E-state index contributed by atoms with van der Waals surface area (Å²) in [5, 5.41) is 9.68. The molecular weight excluding hydrogens is 332 g/mol. The van der Waals surface area contributed by atoms with Gasteiger partial charge in [0, 0.05) is 31.8 Å². The lowest BCUT2D eigenvalue weighted by Gasteiger charge is -2.12. The molecule has 0 aliphatic heterocycles. The lowest BCUT2D eigenvalue weighted by Crippen LogP contribution is -2.37. The van der Waals surface area contributed by atoms with Gasteiger partial charge in [0.25, 0.3) is 5.91 Å². The van der Waals surface area contributed by atoms with Crippen LogP contribution in [-0.2, 0) is 4.79 Å². The van der Waals surface area contributed by atoms with Gasteiger partial charge in [-0.25, -0.2) is 4.68 Å². The summed E-state index contributed by atoms with van der Waals surface area (Å²) in [6.07, 6.45) is 0. The van der Waals surface area contributed by atoms with Crippen molar-refractivity contribution in [3.63, 3.8) is 0 Å². The lowest BCUT2D eigenvalue weighted by molar-refractivity contribution is -0.118. The van der Waals surface area contributed by atoms with E-state index in [1.807, 2.05) is 0 Å². The SMILES string of the molecule is CC(=O)NCCNC(=O)c1nn(-c2ccccc2Cl)c(C)cc1=O. The van der Waals surface area contributed by atoms with Crippen molar-refractivity contribution in [1.82, 2.24) is 20.4 Å². The van der Waals surface area contributed by atoms with Crippen molar-refractivity contribution in [2.45, 2.75) is 13.8 Å². The predicted octanol–water partition coefficient (Wildman–Crippen LogP) is 1.06. The summed E-state index contributed by atoms with van der Waals surface area (Å²) in [5.74, 6) is -0.801. The summed E-state index contributed by atoms with van der Waals surface area (Å²) in [4.78, 5) is 35.0. The molecule has 1 aromatic heterocycles. The van der Waals surface area contributed by atoms with Gasteiger partial charge in [0.1, 0.15) is 0 Å². The topological polar surface area (TPSA) is 93.1 Å². The van der Waals surface area contributed by atoms with Crippen LogP contribution in [0, 0.1) is 6.92 Å². The summed E-state index contributed by atoms with van der Waals surface area (Å²) in [5.41, 5.74) is 0.419. The zero-order chi connectivity index (χ0) is 17.7. The zero-order valence-electron chi connectivity index (χ0n) is 13.3. The van der Waals surface area contributed by atoms with Crippen LogP contribution >= 0.6 is 11.6 Å². The number of carbonyl (C=O) groups excluding carboxylic acids is 2. The van der Waals surface area contributed by atoms with E-state index >= 15 is 0 Å². The second kappa shape index (κ2) is 7.74. The van der Waals surface area contributed by atoms with Crippen molar-refractivity contribution in [3.05, 3.63) is 57.0 Å². The average Bonchev–Trinajstić information content (AvgIpc) is 2.52. The third kappa shape index (κ3) is 4.20. The molecule has 0 fully saturated rings. The Morgan fingerprint density at radius 3 is 2.54 bits per heavy atom. The summed E-state index contributed by atoms with van der Waals surface area (Å²) in [6.45, 7) is 3.55. The highest BCUT2D eigenvalue weighted by atomic mass is 35.5. The highest BCUT2D eigenvalue weighted by molar-refractivity contribution is 6.32. The van der Waals surface area contributed by atoms with E-state index in [-0.39, 0.29) is 24.7 Å². The molecule has 1 heterocycles. The van der Waals surface area contributed by atoms with Gasteiger partial charge in [0.15, 0.2) is 5.69 Å². The van der Waals surface area contributed by atoms with E-state index in [0.717, 1.165) is 0 Å². The van der Waals surface area contributed by atoms with Gasteiger partial charge < -0.3 is 10.6 Å². The zero-order valence-corrected chi connectivity index (χ0v) is 14.1. The fourth-order valence-corrected chi connectivity index (χ4v) is 2.29. The molecule has 7 nitrogen and oxygen atoms in total. The van der Waals surface area contributed by atoms with E-state index in [1.54, 1.807) is 31.2 Å². The van der Waals surface area contributed by atoms with Crippen molar-refractivity contribution >= 4 is 23.4 Å². The number of hydrogen-bond donors (Lipinski definition) is 2. The number of aryl methyl sites for hydroxylation is 1. The number of nitrogens with zero attached hydrogens (tertiary/aromatic N) is 2. The fourth-order valence-electron chi connectivity index (χ4n) is 2.07. The van der Waals surface area contributed by atoms with Crippen molar-refractivity contribution in [3.8, 4) is 5.69 Å². The summed E-state index contributed by atoms with van der Waals surface area (Å²) in [7, 11) is 0. The summed E-state index contributed by atoms with van der Waals surface area (Å²) < 4.78 is 1.45. The Bertz CT molecular complexity index is 832. The molecule has 126 valence electrons. The number of nitrogens with one attached hydrogen (secondary N) is 2. The minimum Gasteiger partial charge on any atom is -0.355 e. The number of amides is 2. The second-order valence-corrected chi connectivity index (χ2v) is 5.51. The third-order valence-electron chi connectivity index (χ3n) is 3.19. The molecule has 2 rings (SSSR count). The molecule has 2 amide bonds. The number of para-hydroxylation sites is 1. The minimum absolute atomic E-state index is 0.194. The molecule has 24 heavy (non-hydrogen) atoms. The highest BCUT2D eigenvalue weighted by Gasteiger charge is 2.15. The van der Waals surface area contributed by atoms with Crippen molar-refractivity contribution in [2.75, 3.05) is 13.1 Å². The van der Waals surface area contributed by atoms with Crippen LogP contribution in [-0.4, -0.2) is 34.7 Å². The molecule has 0 bridgehead atoms. The molecule has 2 N–H and O–H groups in total. The molecule has 0 aliphatic carbocycles. The van der Waals surface area contributed by atoms with Gasteiger partial charge in [-0.05, 0) is 19.1 Å². The Kier molecular flexibility index (Phi) is 5.70. The van der Waals surface area contributed by atoms with Gasteiger partial charge in [-0.1, -0.05) is 23.7 Å². The van der Waals surface area contributed by atoms with Gasteiger partial charge >= 0.3 is 0 Å². The molecular formula is C16H17ClN4O3. The number of carbonyl (C=O) groups is 2. The molecule has 0 unspecified atom stereocenters. The molecule has 0 saturated carbocycles. The fraction of sp³-hybridized carbons (Fsp3) is 0.250. The standard InChI is InChI=1S/C16H17ClN4O3/c1-10-9-14(23)15(16(24)19-8-7-18-11(2)22)20-21(10)13-6-4-3-5-12(13)17/h3-6,9H,7-8H2,1-2H3,(H,18,22)(H,19,24). The molecule has 1 aromatic carbocycles. The Balaban J connectivity index is 2.27. The van der Waals surface area contributed by atoms with Crippen LogP contribution in [0.2, 0.25) is 5.02 Å². The molecule has 8 heteroatoms. The first-order chi connectivity index (χ1) is 11.4. The van der Waals surface area contributed by atoms with E-state index in [9.17, 15) is 14.4 Å². The maximum atomic E-state index is 12.2. The normalized spacial score (nSPS) is 10.3. The smallest absolute Gasteiger partial charge is 0.275 e. The largest absolute Gasteiger partial charge is 0.355 e. The maximum absolute atomic E-state index is 12.2. The molecule has 0 atom stereocenters. The second-order valence-electron chi connectivity index (χ2n) is 5.10. The van der Waals surface area contributed by atoms with E-state index in [0.29, 0.717) is 16.4 Å². The van der Waals surface area contributed by atoms with Crippen LogP contribution in [0.15, 0.2) is 35.1 Å². The number of hydrogen-bond acceptors (Lipinski definition) is 4. The van der Waals surface area contributed by atoms with E-state index in [4.69, 9.17) is 11.6 Å². The number of rotatable bonds is 5. The Labute approximate surface area is 143 Å². The van der Waals surface area contributed by atoms with E-state index in [1.165, 1.54) is 17.7 Å². The van der Waals surface area contributed by atoms with E-state index in [2.05, 4.69) is 15.7 Å². The van der Waals surface area contributed by atoms with Crippen molar-refractivity contribution < 1.29 is 9.59 Å². The van der Waals surface area contributed by atoms with Crippen LogP contribution in [0.1, 0.15) is 23.1 Å². The van der Waals surface area contributed by atoms with Crippen LogP contribution in [0.25, 0.3) is 5.69 Å². The van der Waals surface area contributed by atoms with Crippen LogP contribution < -0.4 is 16.1 Å². The van der Waals surface area contributed by atoms with Gasteiger partial charge in [0.05, 0.1) is 10.7 Å². The quantitative estimate of drug-likeness (QED) is 0.790. The van der Waals surface area contributed by atoms with Gasteiger partial charge in [-0.15, -0.1) is 0 Å². The number of benzene rings is 1. The highest BCUT2D eigenvalue weighted by Crippen LogP contribution is 2.19. The molecule has 0 spiro atoms. The maximum Gasteiger partial charge on any atom is 0.275 e. The van der Waals surface area contributed by atoms with Gasteiger partial charge in [0.2, 0.25) is 11.3 Å². The van der Waals surface area contributed by atoms with Crippen molar-refractivity contribution in [1.29, 1.82) is 0 Å². The third-order valence-corrected chi connectivity index (χ3v) is 3.51. The first-order valence-corrected chi connectivity index (χ1v) is 7.66. The van der Waals surface area contributed by atoms with Crippen LogP contribution in [0.4, 0.5) is 0 Å². The monoisotopic (exact) mass is 348 g/mol. The molecule has 0 saturated heterocycles. The Morgan fingerprint density at radius 2 is 1.88 bits per heavy atom. The molecule has 2 aromatic rings. The lowest BCUT2D eigenvalue weighted by atomic mass is 10.2. The van der Waals surface area contributed by atoms with Gasteiger partial charge in [-0.2, -0.15) is 5.10 Å². The summed E-state index contributed by atoms with van der Waals surface area (Å²) >= 11 is 6.15. The van der Waals surface area contributed by atoms with Crippen LogP contribution in [0.5, 0.6) is 0 Å². The predicted molar refractivity (Wildman–Crippen MR) is 90.6 cm³/mol. The van der Waals surface area contributed by atoms with E-state index < -0.39 is 11.3 Å². The molecule has 0 aliphatic rings.